The zero-order valence-corrected chi connectivity index (χ0v) is 7.18. The van der Waals surface area contributed by atoms with Crippen LogP contribution in [0.3, 0.4) is 0 Å². The van der Waals surface area contributed by atoms with Gasteiger partial charge in [0, 0.05) is 0 Å². The molecule has 0 aliphatic heterocycles. The molecule has 10 heavy (non-hydrogen) atoms. The number of nitrogens with one attached hydrogen (secondary N) is 1. The molecule has 4 heteroatoms. The summed E-state index contributed by atoms with van der Waals surface area (Å²) in [5.74, 6) is 6.02. The summed E-state index contributed by atoms with van der Waals surface area (Å²) >= 11 is 3.19. The SMILES string of the molecule is C[C@H](NN)c1ccc(Br)o1. The fourth-order valence-corrected chi connectivity index (χ4v) is 0.962. The number of furan rings is 1. The Bertz CT molecular complexity index is 211. The lowest BCUT2D eigenvalue weighted by Gasteiger charge is -2.03. The molecule has 1 aromatic rings. The van der Waals surface area contributed by atoms with Crippen LogP contribution in [0.15, 0.2) is 21.2 Å². The van der Waals surface area contributed by atoms with E-state index >= 15 is 0 Å². The van der Waals surface area contributed by atoms with Crippen molar-refractivity contribution in [2.75, 3.05) is 0 Å². The standard InChI is InChI=1S/C6H9BrN2O/c1-4(9-8)5-2-3-6(7)10-5/h2-4,9H,8H2,1H3/t4-/m0/s1. The molecule has 0 bridgehead atoms. The van der Waals surface area contributed by atoms with Gasteiger partial charge >= 0.3 is 0 Å². The summed E-state index contributed by atoms with van der Waals surface area (Å²) in [7, 11) is 0. The smallest absolute Gasteiger partial charge is 0.169 e. The van der Waals surface area contributed by atoms with Crippen LogP contribution in [0.1, 0.15) is 18.7 Å². The van der Waals surface area contributed by atoms with E-state index < -0.39 is 0 Å². The molecule has 0 unspecified atom stereocenters. The van der Waals surface area contributed by atoms with Gasteiger partial charge in [0.1, 0.15) is 5.76 Å². The van der Waals surface area contributed by atoms with E-state index in [9.17, 15) is 0 Å². The van der Waals surface area contributed by atoms with E-state index in [4.69, 9.17) is 10.3 Å². The summed E-state index contributed by atoms with van der Waals surface area (Å²) in [4.78, 5) is 0. The minimum atomic E-state index is 0.0614. The van der Waals surface area contributed by atoms with Crippen molar-refractivity contribution in [3.63, 3.8) is 0 Å². The fraction of sp³-hybridized carbons (Fsp3) is 0.333. The first-order chi connectivity index (χ1) is 4.74. The number of halogens is 1. The van der Waals surface area contributed by atoms with Gasteiger partial charge in [-0.2, -0.15) is 0 Å². The van der Waals surface area contributed by atoms with Gasteiger partial charge in [0.05, 0.1) is 6.04 Å². The van der Waals surface area contributed by atoms with E-state index in [-0.39, 0.29) is 6.04 Å². The molecule has 0 spiro atoms. The largest absolute Gasteiger partial charge is 0.453 e. The Morgan fingerprint density at radius 3 is 2.80 bits per heavy atom. The van der Waals surface area contributed by atoms with Crippen molar-refractivity contribution < 1.29 is 4.42 Å². The normalized spacial score (nSPS) is 13.5. The summed E-state index contributed by atoms with van der Waals surface area (Å²) in [6.45, 7) is 1.92. The first-order valence-electron chi connectivity index (χ1n) is 2.95. The van der Waals surface area contributed by atoms with Crippen molar-refractivity contribution in [2.24, 2.45) is 5.84 Å². The highest BCUT2D eigenvalue weighted by atomic mass is 79.9. The van der Waals surface area contributed by atoms with Crippen LogP contribution in [-0.4, -0.2) is 0 Å². The Kier molecular flexibility index (Phi) is 2.48. The van der Waals surface area contributed by atoms with E-state index in [1.807, 2.05) is 19.1 Å². The number of hydrazine groups is 1. The third kappa shape index (κ3) is 1.59. The van der Waals surface area contributed by atoms with Gasteiger partial charge in [-0.1, -0.05) is 0 Å². The molecule has 0 saturated carbocycles. The summed E-state index contributed by atoms with van der Waals surface area (Å²) in [6, 6.07) is 3.77. The highest BCUT2D eigenvalue weighted by Crippen LogP contribution is 2.18. The number of rotatable bonds is 2. The molecule has 0 aliphatic rings. The zero-order chi connectivity index (χ0) is 7.56. The second-order valence-electron chi connectivity index (χ2n) is 2.03. The average molecular weight is 205 g/mol. The van der Waals surface area contributed by atoms with Crippen LogP contribution >= 0.6 is 15.9 Å². The second-order valence-corrected chi connectivity index (χ2v) is 2.81. The van der Waals surface area contributed by atoms with E-state index in [2.05, 4.69) is 21.4 Å². The van der Waals surface area contributed by atoms with Gasteiger partial charge in [-0.15, -0.1) is 0 Å². The average Bonchev–Trinajstić information content (AvgIpc) is 2.34. The maximum Gasteiger partial charge on any atom is 0.169 e. The molecule has 0 aromatic carbocycles. The summed E-state index contributed by atoms with van der Waals surface area (Å²) in [6.07, 6.45) is 0. The third-order valence-electron chi connectivity index (χ3n) is 1.27. The molecular weight excluding hydrogens is 196 g/mol. The van der Waals surface area contributed by atoms with Crippen LogP contribution < -0.4 is 11.3 Å². The second kappa shape index (κ2) is 3.18. The van der Waals surface area contributed by atoms with E-state index in [0.29, 0.717) is 0 Å². The van der Waals surface area contributed by atoms with Crippen LogP contribution in [0.4, 0.5) is 0 Å². The van der Waals surface area contributed by atoms with Crippen molar-refractivity contribution >= 4 is 15.9 Å². The Labute approximate surface area is 67.7 Å². The lowest BCUT2D eigenvalue weighted by Crippen LogP contribution is -2.25. The molecule has 56 valence electrons. The quantitative estimate of drug-likeness (QED) is 0.569. The van der Waals surface area contributed by atoms with Crippen molar-refractivity contribution in [3.8, 4) is 0 Å². The van der Waals surface area contributed by atoms with Gasteiger partial charge in [-0.3, -0.25) is 11.3 Å². The lowest BCUT2D eigenvalue weighted by molar-refractivity contribution is 0.423. The number of hydrogen-bond acceptors (Lipinski definition) is 3. The van der Waals surface area contributed by atoms with E-state index in [1.54, 1.807) is 0 Å². The molecule has 1 heterocycles. The molecule has 0 amide bonds. The van der Waals surface area contributed by atoms with Crippen LogP contribution in [0, 0.1) is 0 Å². The molecule has 0 aliphatic carbocycles. The van der Waals surface area contributed by atoms with E-state index in [0.717, 1.165) is 10.4 Å². The minimum Gasteiger partial charge on any atom is -0.453 e. The van der Waals surface area contributed by atoms with Crippen molar-refractivity contribution in [2.45, 2.75) is 13.0 Å². The highest BCUT2D eigenvalue weighted by molar-refractivity contribution is 9.10. The molecule has 3 N–H and O–H groups in total. The first kappa shape index (κ1) is 7.78. The molecule has 0 fully saturated rings. The van der Waals surface area contributed by atoms with Crippen molar-refractivity contribution in [1.82, 2.24) is 5.43 Å². The van der Waals surface area contributed by atoms with Gasteiger partial charge in [-0.25, -0.2) is 0 Å². The predicted octanol–water partition coefficient (Wildman–Crippen LogP) is 1.57. The molecular formula is C6H9BrN2O. The highest BCUT2D eigenvalue weighted by Gasteiger charge is 2.05. The van der Waals surface area contributed by atoms with E-state index in [1.165, 1.54) is 0 Å². The molecule has 0 radical (unpaired) electrons. The molecule has 1 rings (SSSR count). The number of nitrogens with two attached hydrogens (primary N) is 1. The van der Waals surface area contributed by atoms with Gasteiger partial charge in [0.15, 0.2) is 4.67 Å². The molecule has 1 aromatic heterocycles. The Hall–Kier alpha value is -0.320. The molecule has 0 saturated heterocycles. The van der Waals surface area contributed by atoms with Crippen LogP contribution in [0.5, 0.6) is 0 Å². The molecule has 1 atom stereocenters. The summed E-state index contributed by atoms with van der Waals surface area (Å²) in [5, 5.41) is 0. The van der Waals surface area contributed by atoms with Crippen LogP contribution in [-0.2, 0) is 0 Å². The minimum absolute atomic E-state index is 0.0614. The first-order valence-corrected chi connectivity index (χ1v) is 3.74. The monoisotopic (exact) mass is 204 g/mol. The molecule has 3 nitrogen and oxygen atoms in total. The van der Waals surface area contributed by atoms with Gasteiger partial charge in [-0.05, 0) is 35.0 Å². The van der Waals surface area contributed by atoms with Gasteiger partial charge in [0.2, 0.25) is 0 Å². The van der Waals surface area contributed by atoms with Gasteiger partial charge in [0.25, 0.3) is 0 Å². The topological polar surface area (TPSA) is 51.2 Å². The third-order valence-corrected chi connectivity index (χ3v) is 1.70. The van der Waals surface area contributed by atoms with Crippen LogP contribution in [0.2, 0.25) is 0 Å². The van der Waals surface area contributed by atoms with Gasteiger partial charge < -0.3 is 4.42 Å². The Morgan fingerprint density at radius 2 is 2.40 bits per heavy atom. The maximum absolute atomic E-state index is 5.21. The Morgan fingerprint density at radius 1 is 1.70 bits per heavy atom. The van der Waals surface area contributed by atoms with Crippen molar-refractivity contribution in [1.29, 1.82) is 0 Å². The Balaban J connectivity index is 2.74. The maximum atomic E-state index is 5.21. The van der Waals surface area contributed by atoms with Crippen LogP contribution in [0.25, 0.3) is 0 Å². The summed E-state index contributed by atoms with van der Waals surface area (Å²) < 4.78 is 5.94. The number of hydrogen-bond donors (Lipinski definition) is 2. The zero-order valence-electron chi connectivity index (χ0n) is 5.60. The predicted molar refractivity (Wildman–Crippen MR) is 42.1 cm³/mol. The summed E-state index contributed by atoms with van der Waals surface area (Å²) in [5.41, 5.74) is 2.58. The lowest BCUT2D eigenvalue weighted by atomic mass is 10.3. The van der Waals surface area contributed by atoms with Crippen molar-refractivity contribution in [3.05, 3.63) is 22.6 Å². The fourth-order valence-electron chi connectivity index (χ4n) is 0.643.